The van der Waals surface area contributed by atoms with Crippen molar-refractivity contribution in [3.05, 3.63) is 70.8 Å². The van der Waals surface area contributed by atoms with E-state index in [2.05, 4.69) is 10.7 Å². The maximum Gasteiger partial charge on any atom is 0.344 e. The zero-order chi connectivity index (χ0) is 19.8. The number of aryl methyl sites for hydroxylation is 1. The predicted octanol–water partition coefficient (Wildman–Crippen LogP) is 1.21. The number of carbonyl (C=O) groups is 4. The highest BCUT2D eigenvalue weighted by Gasteiger charge is 2.50. The largest absolute Gasteiger partial charge is 0.366 e. The van der Waals surface area contributed by atoms with E-state index in [4.69, 9.17) is 5.73 Å². The Balaban J connectivity index is 1.87. The quantitative estimate of drug-likeness (QED) is 0.704. The first-order chi connectivity index (χ1) is 12.7. The summed E-state index contributed by atoms with van der Waals surface area (Å²) in [4.78, 5) is 49.1. The maximum atomic E-state index is 12.8. The molecule has 27 heavy (non-hydrogen) atoms. The summed E-state index contributed by atoms with van der Waals surface area (Å²) >= 11 is 0. The van der Waals surface area contributed by atoms with Crippen molar-refractivity contribution in [2.24, 2.45) is 5.73 Å². The van der Waals surface area contributed by atoms with E-state index in [1.165, 1.54) is 12.1 Å². The van der Waals surface area contributed by atoms with Crippen LogP contribution >= 0.6 is 0 Å². The Bertz CT molecular complexity index is 957. The number of amides is 5. The van der Waals surface area contributed by atoms with Gasteiger partial charge in [0.15, 0.2) is 0 Å². The van der Waals surface area contributed by atoms with Crippen molar-refractivity contribution in [3.8, 4) is 0 Å². The number of carbonyl (C=O) groups excluding carboxylic acids is 4. The van der Waals surface area contributed by atoms with Gasteiger partial charge in [0, 0.05) is 11.1 Å². The van der Waals surface area contributed by atoms with E-state index in [0.29, 0.717) is 16.1 Å². The molecule has 2 aromatic carbocycles. The Morgan fingerprint density at radius 2 is 1.78 bits per heavy atom. The molecule has 2 aromatic rings. The Morgan fingerprint density at radius 1 is 1.11 bits per heavy atom. The molecule has 0 aliphatic carbocycles. The second-order valence-electron chi connectivity index (χ2n) is 6.40. The van der Waals surface area contributed by atoms with Crippen LogP contribution in [0.5, 0.6) is 0 Å². The van der Waals surface area contributed by atoms with Crippen molar-refractivity contribution in [3.63, 3.8) is 0 Å². The van der Waals surface area contributed by atoms with Crippen molar-refractivity contribution >= 4 is 23.8 Å². The summed E-state index contributed by atoms with van der Waals surface area (Å²) in [5, 5.41) is 3.24. The molecule has 0 bridgehead atoms. The number of hydrogen-bond donors (Lipinski definition) is 3. The van der Waals surface area contributed by atoms with Crippen molar-refractivity contribution in [2.75, 3.05) is 0 Å². The van der Waals surface area contributed by atoms with E-state index in [0.717, 1.165) is 0 Å². The van der Waals surface area contributed by atoms with Gasteiger partial charge in [-0.1, -0.05) is 36.4 Å². The van der Waals surface area contributed by atoms with Gasteiger partial charge in [-0.2, -0.15) is 5.01 Å². The highest BCUT2D eigenvalue weighted by atomic mass is 16.2. The molecular weight excluding hydrogens is 348 g/mol. The van der Waals surface area contributed by atoms with Gasteiger partial charge in [-0.3, -0.25) is 19.8 Å². The highest BCUT2D eigenvalue weighted by molar-refractivity contribution is 6.09. The molecule has 1 unspecified atom stereocenters. The van der Waals surface area contributed by atoms with Crippen molar-refractivity contribution in [1.82, 2.24) is 15.8 Å². The third-order valence-electron chi connectivity index (χ3n) is 4.52. The molecule has 8 nitrogen and oxygen atoms in total. The van der Waals surface area contributed by atoms with Gasteiger partial charge < -0.3 is 11.1 Å². The molecule has 1 heterocycles. The first-order valence-electron chi connectivity index (χ1n) is 8.17. The number of nitrogens with zero attached hydrogens (tertiary/aromatic N) is 1. The molecule has 8 heteroatoms. The van der Waals surface area contributed by atoms with Gasteiger partial charge in [-0.15, -0.1) is 0 Å². The van der Waals surface area contributed by atoms with Crippen LogP contribution in [0, 0.1) is 6.92 Å². The second-order valence-corrected chi connectivity index (χ2v) is 6.40. The topological polar surface area (TPSA) is 122 Å². The third-order valence-corrected chi connectivity index (χ3v) is 4.52. The molecule has 0 aromatic heterocycles. The summed E-state index contributed by atoms with van der Waals surface area (Å²) in [6, 6.07) is 12.4. The first kappa shape index (κ1) is 18.1. The van der Waals surface area contributed by atoms with Gasteiger partial charge in [0.1, 0.15) is 5.54 Å². The number of primary amides is 1. The van der Waals surface area contributed by atoms with E-state index >= 15 is 0 Å². The number of hydrogen-bond acceptors (Lipinski definition) is 4. The average Bonchev–Trinajstić information content (AvgIpc) is 2.86. The summed E-state index contributed by atoms with van der Waals surface area (Å²) in [6.45, 7) is 3.23. The van der Waals surface area contributed by atoms with Gasteiger partial charge in [-0.25, -0.2) is 4.79 Å². The normalized spacial score (nSPS) is 19.0. The fourth-order valence-corrected chi connectivity index (χ4v) is 2.89. The highest BCUT2D eigenvalue weighted by Crippen LogP contribution is 2.27. The molecule has 0 saturated carbocycles. The molecule has 138 valence electrons. The van der Waals surface area contributed by atoms with Crippen molar-refractivity contribution in [2.45, 2.75) is 19.4 Å². The van der Waals surface area contributed by atoms with Crippen LogP contribution < -0.4 is 16.5 Å². The van der Waals surface area contributed by atoms with Crippen molar-refractivity contribution in [1.29, 1.82) is 0 Å². The van der Waals surface area contributed by atoms with E-state index in [9.17, 15) is 19.2 Å². The number of nitrogens with one attached hydrogen (secondary N) is 2. The lowest BCUT2D eigenvalue weighted by molar-refractivity contribution is -0.132. The summed E-state index contributed by atoms with van der Waals surface area (Å²) in [5.74, 6) is -2.00. The van der Waals surface area contributed by atoms with Gasteiger partial charge in [0.2, 0.25) is 5.91 Å². The Labute approximate surface area is 155 Å². The number of hydrazine groups is 1. The molecule has 1 saturated heterocycles. The number of urea groups is 1. The van der Waals surface area contributed by atoms with Crippen LogP contribution in [0.15, 0.2) is 48.5 Å². The van der Waals surface area contributed by atoms with E-state index < -0.39 is 29.3 Å². The average molecular weight is 366 g/mol. The van der Waals surface area contributed by atoms with Gasteiger partial charge in [0.05, 0.1) is 0 Å². The smallest absolute Gasteiger partial charge is 0.344 e. The zero-order valence-electron chi connectivity index (χ0n) is 14.8. The van der Waals surface area contributed by atoms with Crippen LogP contribution in [-0.2, 0) is 10.3 Å². The minimum Gasteiger partial charge on any atom is -0.366 e. The monoisotopic (exact) mass is 366 g/mol. The van der Waals surface area contributed by atoms with E-state index in [1.54, 1.807) is 50.2 Å². The molecule has 1 fully saturated rings. The molecule has 1 atom stereocenters. The van der Waals surface area contributed by atoms with E-state index in [-0.39, 0.29) is 11.1 Å². The fraction of sp³-hybridized carbons (Fsp3) is 0.158. The Hall–Kier alpha value is -3.68. The molecule has 0 spiro atoms. The molecule has 4 N–H and O–H groups in total. The van der Waals surface area contributed by atoms with Crippen LogP contribution in [0.25, 0.3) is 0 Å². The molecule has 3 rings (SSSR count). The molecule has 0 radical (unpaired) electrons. The Kier molecular flexibility index (Phi) is 4.40. The number of rotatable bonds is 4. The Morgan fingerprint density at radius 3 is 2.41 bits per heavy atom. The van der Waals surface area contributed by atoms with Crippen molar-refractivity contribution < 1.29 is 19.2 Å². The van der Waals surface area contributed by atoms with Crippen LogP contribution in [-0.4, -0.2) is 28.8 Å². The summed E-state index contributed by atoms with van der Waals surface area (Å²) in [5.41, 5.74) is 7.70. The van der Waals surface area contributed by atoms with Gasteiger partial charge in [-0.05, 0) is 37.1 Å². The molecule has 1 aliphatic heterocycles. The number of nitrogens with two attached hydrogens (primary N) is 1. The zero-order valence-corrected chi connectivity index (χ0v) is 14.8. The molecule has 5 amide bonds. The lowest BCUT2D eigenvalue weighted by Gasteiger charge is -2.22. The van der Waals surface area contributed by atoms with Crippen LogP contribution in [0.1, 0.15) is 38.8 Å². The van der Waals surface area contributed by atoms with Gasteiger partial charge in [0.25, 0.3) is 11.8 Å². The summed E-state index contributed by atoms with van der Waals surface area (Å²) in [7, 11) is 0. The third kappa shape index (κ3) is 3.12. The lowest BCUT2D eigenvalue weighted by atomic mass is 9.92. The summed E-state index contributed by atoms with van der Waals surface area (Å²) in [6.07, 6.45) is 0. The minimum absolute atomic E-state index is 0.139. The predicted molar refractivity (Wildman–Crippen MR) is 96.3 cm³/mol. The first-order valence-corrected chi connectivity index (χ1v) is 8.17. The second kappa shape index (κ2) is 6.56. The maximum absolute atomic E-state index is 12.8. The molecular formula is C19H18N4O4. The SMILES string of the molecule is Cc1ccc(C(N)=O)cc1C(=O)NN1C(=O)NC(C)(c2ccccc2)C1=O. The van der Waals surface area contributed by atoms with Crippen LogP contribution in [0.2, 0.25) is 0 Å². The number of benzene rings is 2. The lowest BCUT2D eigenvalue weighted by Crippen LogP contribution is -2.48. The van der Waals surface area contributed by atoms with Crippen LogP contribution in [0.4, 0.5) is 4.79 Å². The number of imide groups is 1. The summed E-state index contributed by atoms with van der Waals surface area (Å²) < 4.78 is 0. The fourth-order valence-electron chi connectivity index (χ4n) is 2.89. The minimum atomic E-state index is -1.30. The molecule has 1 aliphatic rings. The van der Waals surface area contributed by atoms with E-state index in [1.807, 2.05) is 0 Å². The standard InChI is InChI=1S/C19H18N4O4/c1-11-8-9-12(15(20)24)10-14(11)16(25)22-23-17(26)19(2,21-18(23)27)13-6-4-3-5-7-13/h3-10H,1-2H3,(H2,20,24)(H,21,27)(H,22,25). The van der Waals surface area contributed by atoms with Gasteiger partial charge >= 0.3 is 6.03 Å². The van der Waals surface area contributed by atoms with Crippen LogP contribution in [0.3, 0.4) is 0 Å².